The number of Topliss-reactive ketones (excluding diaryl/α,β-unsaturated/α-hetero) is 1. The molecule has 1 aliphatic carbocycles. The predicted molar refractivity (Wildman–Crippen MR) is 137 cm³/mol. The molecule has 36 heavy (non-hydrogen) atoms. The molecule has 0 atom stereocenters. The van der Waals surface area contributed by atoms with Crippen LogP contribution in [0.15, 0.2) is 42.0 Å². The van der Waals surface area contributed by atoms with Gasteiger partial charge in [-0.05, 0) is 38.0 Å². The molecule has 1 fully saturated rings. The molecular weight excluding hydrogens is 480 g/mol. The highest BCUT2D eigenvalue weighted by atomic mass is 32.1. The lowest BCUT2D eigenvalue weighted by Gasteiger charge is -2.14. The quantitative estimate of drug-likeness (QED) is 0.298. The molecule has 2 amide bonds. The SMILES string of the molecule is COC(=O)c1cncc(OCCc2csc(NC(=O)Nc3ccc(C)cc3C(=O)C3CCCC3)n2)c1. The minimum atomic E-state index is -0.484. The smallest absolute Gasteiger partial charge is 0.339 e. The average molecular weight is 509 g/mol. The molecule has 2 heterocycles. The monoisotopic (exact) mass is 508 g/mol. The number of aryl methyl sites for hydroxylation is 1. The zero-order valence-electron chi connectivity index (χ0n) is 20.2. The number of ketones is 1. The number of esters is 1. The number of ether oxygens (including phenoxy) is 2. The van der Waals surface area contributed by atoms with Crippen LogP contribution in [0.5, 0.6) is 5.75 Å². The molecular formula is C26H28N4O5S. The van der Waals surface area contributed by atoms with E-state index >= 15 is 0 Å². The highest BCUT2D eigenvalue weighted by Gasteiger charge is 2.26. The van der Waals surface area contributed by atoms with Gasteiger partial charge in [-0.1, -0.05) is 24.5 Å². The molecule has 9 nitrogen and oxygen atoms in total. The number of thiazole rings is 1. The van der Waals surface area contributed by atoms with Gasteiger partial charge in [0.05, 0.1) is 36.9 Å². The number of rotatable bonds is 9. The second kappa shape index (κ2) is 11.8. The van der Waals surface area contributed by atoms with Crippen molar-refractivity contribution in [2.45, 2.75) is 39.0 Å². The first-order valence-corrected chi connectivity index (χ1v) is 12.6. The number of aromatic nitrogens is 2. The van der Waals surface area contributed by atoms with Crippen LogP contribution in [0, 0.1) is 12.8 Å². The van der Waals surface area contributed by atoms with E-state index in [4.69, 9.17) is 4.74 Å². The van der Waals surface area contributed by atoms with Crippen LogP contribution in [0.2, 0.25) is 0 Å². The Kier molecular flexibility index (Phi) is 8.27. The van der Waals surface area contributed by atoms with E-state index in [1.54, 1.807) is 12.1 Å². The average Bonchev–Trinajstić information content (AvgIpc) is 3.57. The van der Waals surface area contributed by atoms with Gasteiger partial charge >= 0.3 is 12.0 Å². The van der Waals surface area contributed by atoms with Gasteiger partial charge in [-0.15, -0.1) is 11.3 Å². The summed E-state index contributed by atoms with van der Waals surface area (Å²) < 4.78 is 10.3. The van der Waals surface area contributed by atoms with E-state index < -0.39 is 12.0 Å². The lowest BCUT2D eigenvalue weighted by Crippen LogP contribution is -2.22. The number of pyridine rings is 1. The maximum atomic E-state index is 13.0. The zero-order valence-corrected chi connectivity index (χ0v) is 21.0. The highest BCUT2D eigenvalue weighted by Crippen LogP contribution is 2.31. The Morgan fingerprint density at radius 1 is 1.11 bits per heavy atom. The number of methoxy groups -OCH3 is 1. The summed E-state index contributed by atoms with van der Waals surface area (Å²) in [5, 5.41) is 7.82. The van der Waals surface area contributed by atoms with Crippen LogP contribution in [0.25, 0.3) is 0 Å². The number of anilines is 2. The topological polar surface area (TPSA) is 120 Å². The summed E-state index contributed by atoms with van der Waals surface area (Å²) in [6.45, 7) is 2.25. The van der Waals surface area contributed by atoms with Crippen molar-refractivity contribution in [1.29, 1.82) is 0 Å². The Morgan fingerprint density at radius 3 is 2.69 bits per heavy atom. The lowest BCUT2D eigenvalue weighted by molar-refractivity contribution is 0.0599. The fourth-order valence-electron chi connectivity index (χ4n) is 4.11. The van der Waals surface area contributed by atoms with Gasteiger partial charge in [0.15, 0.2) is 10.9 Å². The molecule has 3 aromatic rings. The minimum absolute atomic E-state index is 0.0258. The van der Waals surface area contributed by atoms with Crippen LogP contribution >= 0.6 is 11.3 Å². The standard InChI is InChI=1S/C26H28N4O5S/c1-16-7-8-22(21(11-16)23(31)17-5-3-4-6-17)29-25(33)30-26-28-19(15-36-26)9-10-35-20-12-18(13-27-14-20)24(32)34-2/h7-8,11-15,17H,3-6,9-10H2,1-2H3,(H2,28,29,30,33). The molecule has 0 radical (unpaired) electrons. The van der Waals surface area contributed by atoms with Crippen molar-refractivity contribution in [3.63, 3.8) is 0 Å². The van der Waals surface area contributed by atoms with Crippen molar-refractivity contribution in [1.82, 2.24) is 9.97 Å². The summed E-state index contributed by atoms with van der Waals surface area (Å²) in [4.78, 5) is 45.7. The largest absolute Gasteiger partial charge is 0.492 e. The summed E-state index contributed by atoms with van der Waals surface area (Å²) in [5.41, 5.74) is 3.09. The Hall–Kier alpha value is -3.79. The van der Waals surface area contributed by atoms with Gasteiger partial charge in [-0.25, -0.2) is 14.6 Å². The molecule has 1 aliphatic rings. The Morgan fingerprint density at radius 2 is 1.92 bits per heavy atom. The Labute approximate surface area is 213 Å². The van der Waals surface area contributed by atoms with E-state index in [0.29, 0.717) is 40.7 Å². The molecule has 4 rings (SSSR count). The molecule has 2 N–H and O–H groups in total. The van der Waals surface area contributed by atoms with E-state index in [0.717, 1.165) is 36.9 Å². The van der Waals surface area contributed by atoms with Crippen LogP contribution in [-0.2, 0) is 11.2 Å². The van der Waals surface area contributed by atoms with Crippen LogP contribution in [0.3, 0.4) is 0 Å². The molecule has 2 aromatic heterocycles. The van der Waals surface area contributed by atoms with Gasteiger partial charge in [-0.2, -0.15) is 0 Å². The predicted octanol–water partition coefficient (Wildman–Crippen LogP) is 5.27. The molecule has 10 heteroatoms. The summed E-state index contributed by atoms with van der Waals surface area (Å²) in [6, 6.07) is 6.59. The first kappa shape index (κ1) is 25.3. The van der Waals surface area contributed by atoms with Gasteiger partial charge in [0, 0.05) is 29.5 Å². The molecule has 0 spiro atoms. The molecule has 0 aliphatic heterocycles. The molecule has 1 saturated carbocycles. The molecule has 0 unspecified atom stereocenters. The van der Waals surface area contributed by atoms with Crippen molar-refractivity contribution in [3.05, 3.63) is 64.4 Å². The third-order valence-electron chi connectivity index (χ3n) is 5.95. The molecule has 0 saturated heterocycles. The van der Waals surface area contributed by atoms with Crippen molar-refractivity contribution >= 4 is 39.9 Å². The van der Waals surface area contributed by atoms with Crippen LogP contribution < -0.4 is 15.4 Å². The fourth-order valence-corrected chi connectivity index (χ4v) is 4.85. The summed E-state index contributed by atoms with van der Waals surface area (Å²) in [6.07, 6.45) is 7.36. The van der Waals surface area contributed by atoms with Gasteiger partial charge in [-0.3, -0.25) is 15.1 Å². The number of nitrogens with zero attached hydrogens (tertiary/aromatic N) is 2. The van der Waals surface area contributed by atoms with Crippen LogP contribution in [-0.4, -0.2) is 41.5 Å². The minimum Gasteiger partial charge on any atom is -0.492 e. The van der Waals surface area contributed by atoms with Gasteiger partial charge in [0.1, 0.15) is 5.75 Å². The summed E-state index contributed by atoms with van der Waals surface area (Å²) in [5.74, 6) is 0.0854. The highest BCUT2D eigenvalue weighted by molar-refractivity contribution is 7.13. The number of carbonyl (C=O) groups is 3. The third kappa shape index (κ3) is 6.45. The maximum absolute atomic E-state index is 13.0. The van der Waals surface area contributed by atoms with Gasteiger partial charge < -0.3 is 14.8 Å². The van der Waals surface area contributed by atoms with E-state index in [1.807, 2.05) is 24.4 Å². The Balaban J connectivity index is 1.31. The van der Waals surface area contributed by atoms with Crippen molar-refractivity contribution in [2.24, 2.45) is 5.92 Å². The number of nitrogens with one attached hydrogen (secondary N) is 2. The van der Waals surface area contributed by atoms with Gasteiger partial charge in [0.2, 0.25) is 0 Å². The normalized spacial score (nSPS) is 13.3. The molecule has 0 bridgehead atoms. The number of benzene rings is 1. The van der Waals surface area contributed by atoms with E-state index in [1.165, 1.54) is 30.8 Å². The first-order valence-electron chi connectivity index (χ1n) is 11.8. The van der Waals surface area contributed by atoms with E-state index in [2.05, 4.69) is 25.3 Å². The number of hydrogen-bond donors (Lipinski definition) is 2. The van der Waals surface area contributed by atoms with Crippen molar-refractivity contribution in [2.75, 3.05) is 24.4 Å². The second-order valence-electron chi connectivity index (χ2n) is 8.62. The van der Waals surface area contributed by atoms with E-state index in [9.17, 15) is 14.4 Å². The number of carbonyl (C=O) groups excluding carboxylic acids is 3. The van der Waals surface area contributed by atoms with Crippen molar-refractivity contribution in [3.8, 4) is 5.75 Å². The van der Waals surface area contributed by atoms with Crippen LogP contribution in [0.4, 0.5) is 15.6 Å². The fraction of sp³-hybridized carbons (Fsp3) is 0.346. The van der Waals surface area contributed by atoms with Gasteiger partial charge in [0.25, 0.3) is 0 Å². The van der Waals surface area contributed by atoms with Crippen molar-refractivity contribution < 1.29 is 23.9 Å². The van der Waals surface area contributed by atoms with E-state index in [-0.39, 0.29) is 11.7 Å². The summed E-state index contributed by atoms with van der Waals surface area (Å²) >= 11 is 1.30. The number of urea groups is 1. The zero-order chi connectivity index (χ0) is 25.5. The van der Waals surface area contributed by atoms with Crippen LogP contribution in [0.1, 0.15) is 57.7 Å². The second-order valence-corrected chi connectivity index (χ2v) is 9.48. The third-order valence-corrected chi connectivity index (χ3v) is 6.75. The number of amides is 2. The number of hydrogen-bond acceptors (Lipinski definition) is 8. The molecule has 1 aromatic carbocycles. The lowest BCUT2D eigenvalue weighted by atomic mass is 9.94. The maximum Gasteiger partial charge on any atom is 0.339 e. The Bertz CT molecular complexity index is 1250. The molecule has 188 valence electrons. The summed E-state index contributed by atoms with van der Waals surface area (Å²) in [7, 11) is 1.31. The first-order chi connectivity index (χ1) is 17.4.